The van der Waals surface area contributed by atoms with E-state index in [0.29, 0.717) is 24.7 Å². The minimum Gasteiger partial charge on any atom is -0.378 e. The number of aromatic nitrogens is 2. The van der Waals surface area contributed by atoms with Crippen molar-refractivity contribution < 1.29 is 9.32 Å². The molecular formula is C19H26N4O2. The summed E-state index contributed by atoms with van der Waals surface area (Å²) in [5.41, 5.74) is 2.07. The van der Waals surface area contributed by atoms with Gasteiger partial charge < -0.3 is 14.3 Å². The molecule has 1 aliphatic rings. The fourth-order valence-electron chi connectivity index (χ4n) is 3.20. The molecule has 1 saturated heterocycles. The first-order valence-electron chi connectivity index (χ1n) is 8.97. The molecule has 1 aromatic carbocycles. The maximum Gasteiger partial charge on any atom is 0.231 e. The Morgan fingerprint density at radius 3 is 2.76 bits per heavy atom. The Kier molecular flexibility index (Phi) is 5.36. The molecule has 1 unspecified atom stereocenters. The monoisotopic (exact) mass is 342 g/mol. The van der Waals surface area contributed by atoms with Gasteiger partial charge in [0.05, 0.1) is 5.92 Å². The first kappa shape index (κ1) is 17.5. The summed E-state index contributed by atoms with van der Waals surface area (Å²) >= 11 is 0. The highest BCUT2D eigenvalue weighted by molar-refractivity contribution is 5.76. The van der Waals surface area contributed by atoms with Crippen molar-refractivity contribution in [1.82, 2.24) is 15.0 Å². The number of carbonyl (C=O) groups excluding carboxylic acids is 1. The minimum absolute atomic E-state index is 0.136. The Morgan fingerprint density at radius 1 is 1.32 bits per heavy atom. The second-order valence-corrected chi connectivity index (χ2v) is 6.83. The summed E-state index contributed by atoms with van der Waals surface area (Å²) in [7, 11) is 4.02. The van der Waals surface area contributed by atoms with E-state index in [4.69, 9.17) is 4.52 Å². The lowest BCUT2D eigenvalue weighted by molar-refractivity contribution is -0.132. The zero-order chi connectivity index (χ0) is 17.8. The summed E-state index contributed by atoms with van der Waals surface area (Å²) in [6, 6.07) is 8.08. The zero-order valence-corrected chi connectivity index (χ0v) is 15.2. The van der Waals surface area contributed by atoms with Gasteiger partial charge in [-0.05, 0) is 43.5 Å². The molecule has 2 aromatic rings. The van der Waals surface area contributed by atoms with Crippen LogP contribution in [0.15, 0.2) is 28.8 Å². The first-order chi connectivity index (χ1) is 12.1. The zero-order valence-electron chi connectivity index (χ0n) is 15.2. The molecule has 1 aliphatic heterocycles. The number of rotatable bonds is 5. The largest absolute Gasteiger partial charge is 0.378 e. The van der Waals surface area contributed by atoms with Crippen LogP contribution in [0.4, 0.5) is 5.69 Å². The summed E-state index contributed by atoms with van der Waals surface area (Å²) < 4.78 is 5.51. The fourth-order valence-corrected chi connectivity index (χ4v) is 3.20. The number of carbonyl (C=O) groups is 1. The molecule has 0 radical (unpaired) electrons. The number of likely N-dealkylation sites (tertiary alicyclic amines) is 1. The van der Waals surface area contributed by atoms with Gasteiger partial charge in [0.1, 0.15) is 0 Å². The van der Waals surface area contributed by atoms with Crippen LogP contribution in [0, 0.1) is 0 Å². The molecule has 2 heterocycles. The molecule has 6 nitrogen and oxygen atoms in total. The number of amides is 1. The predicted molar refractivity (Wildman–Crippen MR) is 97.5 cm³/mol. The SMILES string of the molecule is CCCC(=O)N1CCCC(c2nc(-c3ccc(N(C)C)cc3)no2)C1. The first-order valence-corrected chi connectivity index (χ1v) is 8.97. The van der Waals surface area contributed by atoms with Gasteiger partial charge >= 0.3 is 0 Å². The molecule has 1 aromatic heterocycles. The average molecular weight is 342 g/mol. The summed E-state index contributed by atoms with van der Waals surface area (Å²) in [5.74, 6) is 1.61. The molecule has 1 fully saturated rings. The van der Waals surface area contributed by atoms with Crippen LogP contribution in [0.2, 0.25) is 0 Å². The third kappa shape index (κ3) is 4.00. The van der Waals surface area contributed by atoms with Crippen molar-refractivity contribution in [1.29, 1.82) is 0 Å². The van der Waals surface area contributed by atoms with Crippen LogP contribution in [0.25, 0.3) is 11.4 Å². The third-order valence-corrected chi connectivity index (χ3v) is 4.67. The van der Waals surface area contributed by atoms with Crippen molar-refractivity contribution in [3.05, 3.63) is 30.2 Å². The van der Waals surface area contributed by atoms with E-state index in [-0.39, 0.29) is 11.8 Å². The molecule has 0 saturated carbocycles. The van der Waals surface area contributed by atoms with Gasteiger partial charge in [0.25, 0.3) is 0 Å². The Bertz CT molecular complexity index is 708. The van der Waals surface area contributed by atoms with Gasteiger partial charge in [-0.2, -0.15) is 4.98 Å². The van der Waals surface area contributed by atoms with Gasteiger partial charge in [-0.15, -0.1) is 0 Å². The van der Waals surface area contributed by atoms with Crippen molar-refractivity contribution in [3.63, 3.8) is 0 Å². The lowest BCUT2D eigenvalue weighted by atomic mass is 9.97. The normalized spacial score (nSPS) is 17.6. The molecular weight excluding hydrogens is 316 g/mol. The Balaban J connectivity index is 1.71. The summed E-state index contributed by atoms with van der Waals surface area (Å²) in [6.45, 7) is 3.55. The Morgan fingerprint density at radius 2 is 2.08 bits per heavy atom. The second kappa shape index (κ2) is 7.68. The highest BCUT2D eigenvalue weighted by Gasteiger charge is 2.28. The molecule has 134 valence electrons. The number of hydrogen-bond acceptors (Lipinski definition) is 5. The van der Waals surface area contributed by atoms with Crippen molar-refractivity contribution in [2.45, 2.75) is 38.5 Å². The van der Waals surface area contributed by atoms with E-state index in [2.05, 4.69) is 15.0 Å². The van der Waals surface area contributed by atoms with Gasteiger partial charge in [-0.25, -0.2) is 0 Å². The van der Waals surface area contributed by atoms with E-state index in [9.17, 15) is 4.79 Å². The van der Waals surface area contributed by atoms with Crippen LogP contribution >= 0.6 is 0 Å². The smallest absolute Gasteiger partial charge is 0.231 e. The van der Waals surface area contributed by atoms with Crippen LogP contribution in [0.1, 0.15) is 44.4 Å². The highest BCUT2D eigenvalue weighted by Crippen LogP contribution is 2.28. The number of piperidine rings is 1. The van der Waals surface area contributed by atoms with Crippen molar-refractivity contribution in [2.75, 3.05) is 32.1 Å². The lowest BCUT2D eigenvalue weighted by Crippen LogP contribution is -2.39. The summed E-state index contributed by atoms with van der Waals surface area (Å²) in [6.07, 6.45) is 3.46. The molecule has 3 rings (SSSR count). The molecule has 0 N–H and O–H groups in total. The summed E-state index contributed by atoms with van der Waals surface area (Å²) in [4.78, 5) is 20.7. The fraction of sp³-hybridized carbons (Fsp3) is 0.526. The number of nitrogens with zero attached hydrogens (tertiary/aromatic N) is 4. The minimum atomic E-state index is 0.136. The standard InChI is InChI=1S/C19H26N4O2/c1-4-6-17(24)23-12-5-7-15(13-23)19-20-18(21-25-19)14-8-10-16(11-9-14)22(2)3/h8-11,15H,4-7,12-13H2,1-3H3. The third-order valence-electron chi connectivity index (χ3n) is 4.67. The molecule has 6 heteroatoms. The van der Waals surface area contributed by atoms with Crippen molar-refractivity contribution in [2.24, 2.45) is 0 Å². The van der Waals surface area contributed by atoms with E-state index in [0.717, 1.165) is 37.1 Å². The van der Waals surface area contributed by atoms with Gasteiger partial charge in [0, 0.05) is 44.9 Å². The molecule has 25 heavy (non-hydrogen) atoms. The summed E-state index contributed by atoms with van der Waals surface area (Å²) in [5, 5.41) is 4.14. The Labute approximate surface area is 148 Å². The van der Waals surface area contributed by atoms with Gasteiger partial charge in [-0.1, -0.05) is 12.1 Å². The van der Waals surface area contributed by atoms with Crippen LogP contribution in [0.5, 0.6) is 0 Å². The van der Waals surface area contributed by atoms with E-state index >= 15 is 0 Å². The van der Waals surface area contributed by atoms with Gasteiger partial charge in [-0.3, -0.25) is 4.79 Å². The molecule has 0 bridgehead atoms. The van der Waals surface area contributed by atoms with E-state index < -0.39 is 0 Å². The predicted octanol–water partition coefficient (Wildman–Crippen LogP) is 3.31. The van der Waals surface area contributed by atoms with Crippen LogP contribution < -0.4 is 4.90 Å². The number of benzene rings is 1. The maximum absolute atomic E-state index is 12.1. The van der Waals surface area contributed by atoms with Gasteiger partial charge in [0.15, 0.2) is 0 Å². The maximum atomic E-state index is 12.1. The highest BCUT2D eigenvalue weighted by atomic mass is 16.5. The van der Waals surface area contributed by atoms with Crippen molar-refractivity contribution >= 4 is 11.6 Å². The quantitative estimate of drug-likeness (QED) is 0.834. The van der Waals surface area contributed by atoms with E-state index in [1.165, 1.54) is 0 Å². The number of hydrogen-bond donors (Lipinski definition) is 0. The van der Waals surface area contributed by atoms with E-state index in [1.54, 1.807) is 0 Å². The van der Waals surface area contributed by atoms with E-state index in [1.807, 2.05) is 50.2 Å². The topological polar surface area (TPSA) is 62.5 Å². The molecule has 0 aliphatic carbocycles. The molecule has 1 amide bonds. The second-order valence-electron chi connectivity index (χ2n) is 6.83. The average Bonchev–Trinajstić information content (AvgIpc) is 3.12. The number of anilines is 1. The van der Waals surface area contributed by atoms with Gasteiger partial charge in [0.2, 0.25) is 17.6 Å². The molecule has 0 spiro atoms. The van der Waals surface area contributed by atoms with Crippen LogP contribution in [0.3, 0.4) is 0 Å². The Hall–Kier alpha value is -2.37. The lowest BCUT2D eigenvalue weighted by Gasteiger charge is -2.31. The molecule has 1 atom stereocenters. The van der Waals surface area contributed by atoms with Crippen molar-refractivity contribution in [3.8, 4) is 11.4 Å². The van der Waals surface area contributed by atoms with Crippen LogP contribution in [-0.4, -0.2) is 48.1 Å². The van der Waals surface area contributed by atoms with Crippen LogP contribution in [-0.2, 0) is 4.79 Å².